The maximum atomic E-state index is 12.5. The van der Waals surface area contributed by atoms with Crippen molar-refractivity contribution < 1.29 is 4.79 Å². The second-order valence-corrected chi connectivity index (χ2v) is 6.66. The van der Waals surface area contributed by atoms with E-state index in [1.807, 2.05) is 16.7 Å². The van der Waals surface area contributed by atoms with Gasteiger partial charge in [-0.25, -0.2) is 9.97 Å². The van der Waals surface area contributed by atoms with E-state index in [1.54, 1.807) is 6.07 Å². The Hall–Kier alpha value is -2.94. The van der Waals surface area contributed by atoms with Crippen molar-refractivity contribution in [3.63, 3.8) is 0 Å². The minimum absolute atomic E-state index is 0.188. The molecule has 0 aliphatic carbocycles. The van der Waals surface area contributed by atoms with Crippen molar-refractivity contribution in [2.75, 3.05) is 31.1 Å². The molecule has 2 aromatic rings. The van der Waals surface area contributed by atoms with Crippen LogP contribution in [0.1, 0.15) is 28.9 Å². The van der Waals surface area contributed by atoms with Crippen molar-refractivity contribution in [2.24, 2.45) is 0 Å². The third-order valence-electron chi connectivity index (χ3n) is 4.62. The number of anilines is 1. The van der Waals surface area contributed by atoms with E-state index in [2.05, 4.69) is 47.2 Å². The predicted octanol–water partition coefficient (Wildman–Crippen LogP) is 2.25. The average Bonchev–Trinajstić information content (AvgIpc) is 2.67. The molecule has 6 nitrogen and oxygen atoms in total. The minimum Gasteiger partial charge on any atom is -0.339 e. The Morgan fingerprint density at radius 1 is 1.12 bits per heavy atom. The van der Waals surface area contributed by atoms with Gasteiger partial charge in [0, 0.05) is 38.3 Å². The highest BCUT2D eigenvalue weighted by atomic mass is 16.2. The van der Waals surface area contributed by atoms with Gasteiger partial charge in [-0.1, -0.05) is 29.8 Å². The number of hydrogen-bond donors (Lipinski definition) is 0. The Labute approximate surface area is 154 Å². The van der Waals surface area contributed by atoms with Crippen LogP contribution < -0.4 is 4.90 Å². The minimum atomic E-state index is 0.188. The van der Waals surface area contributed by atoms with E-state index in [1.165, 1.54) is 11.1 Å². The van der Waals surface area contributed by atoms with E-state index in [4.69, 9.17) is 5.26 Å². The average molecular weight is 349 g/mol. The van der Waals surface area contributed by atoms with Crippen molar-refractivity contribution in [1.29, 1.82) is 5.26 Å². The highest BCUT2D eigenvalue weighted by Crippen LogP contribution is 2.14. The smallest absolute Gasteiger partial charge is 0.226 e. The summed E-state index contributed by atoms with van der Waals surface area (Å²) < 4.78 is 0. The maximum Gasteiger partial charge on any atom is 0.226 e. The summed E-state index contributed by atoms with van der Waals surface area (Å²) in [6.07, 6.45) is 1.30. The van der Waals surface area contributed by atoms with Crippen LogP contribution in [0.3, 0.4) is 0 Å². The van der Waals surface area contributed by atoms with E-state index in [0.29, 0.717) is 44.2 Å². The fourth-order valence-corrected chi connectivity index (χ4v) is 3.07. The Kier molecular flexibility index (Phi) is 5.47. The van der Waals surface area contributed by atoms with Crippen LogP contribution in [0.25, 0.3) is 0 Å². The molecule has 1 amide bonds. The van der Waals surface area contributed by atoms with Gasteiger partial charge in [-0.15, -0.1) is 0 Å². The van der Waals surface area contributed by atoms with E-state index in [0.717, 1.165) is 12.1 Å². The molecular weight excluding hydrogens is 326 g/mol. The zero-order valence-corrected chi connectivity index (χ0v) is 15.3. The number of aromatic nitrogens is 2. The van der Waals surface area contributed by atoms with Crippen LogP contribution in [0.15, 0.2) is 30.3 Å². The number of piperazine rings is 1. The van der Waals surface area contributed by atoms with Gasteiger partial charge >= 0.3 is 0 Å². The Morgan fingerprint density at radius 3 is 2.46 bits per heavy atom. The molecule has 1 aromatic heterocycles. The van der Waals surface area contributed by atoms with Crippen LogP contribution in [-0.2, 0) is 11.2 Å². The first-order valence-electron chi connectivity index (χ1n) is 8.89. The first-order valence-corrected chi connectivity index (χ1v) is 8.89. The summed E-state index contributed by atoms with van der Waals surface area (Å²) in [6.45, 7) is 6.61. The predicted molar refractivity (Wildman–Crippen MR) is 99.8 cm³/mol. The third kappa shape index (κ3) is 4.37. The number of rotatable bonds is 4. The fraction of sp³-hybridized carbons (Fsp3) is 0.400. The highest BCUT2D eigenvalue weighted by molar-refractivity contribution is 5.76. The summed E-state index contributed by atoms with van der Waals surface area (Å²) in [5.74, 6) is 0.765. The Bertz CT molecular complexity index is 817. The number of carbonyl (C=O) groups is 1. The molecule has 0 unspecified atom stereocenters. The van der Waals surface area contributed by atoms with Crippen molar-refractivity contribution in [1.82, 2.24) is 14.9 Å². The van der Waals surface area contributed by atoms with Gasteiger partial charge in [-0.05, 0) is 31.9 Å². The van der Waals surface area contributed by atoms with Crippen LogP contribution in [0.4, 0.5) is 5.95 Å². The summed E-state index contributed by atoms with van der Waals surface area (Å²) >= 11 is 0. The van der Waals surface area contributed by atoms with Crippen molar-refractivity contribution >= 4 is 11.9 Å². The van der Waals surface area contributed by atoms with Crippen molar-refractivity contribution in [2.45, 2.75) is 26.7 Å². The molecule has 1 aliphatic heterocycles. The zero-order chi connectivity index (χ0) is 18.5. The van der Waals surface area contributed by atoms with E-state index in [-0.39, 0.29) is 5.91 Å². The molecule has 26 heavy (non-hydrogen) atoms. The van der Waals surface area contributed by atoms with Crippen molar-refractivity contribution in [3.05, 3.63) is 52.8 Å². The molecular formula is C20H23N5O. The molecule has 2 heterocycles. The third-order valence-corrected chi connectivity index (χ3v) is 4.62. The second-order valence-electron chi connectivity index (χ2n) is 6.66. The van der Waals surface area contributed by atoms with Gasteiger partial charge in [0.15, 0.2) is 0 Å². The van der Waals surface area contributed by atoms with E-state index in [9.17, 15) is 4.79 Å². The monoisotopic (exact) mass is 349 g/mol. The van der Waals surface area contributed by atoms with Gasteiger partial charge in [0.2, 0.25) is 11.9 Å². The zero-order valence-electron chi connectivity index (χ0n) is 15.3. The summed E-state index contributed by atoms with van der Waals surface area (Å²) in [5, 5.41) is 9.06. The van der Waals surface area contributed by atoms with Gasteiger partial charge in [-0.3, -0.25) is 4.79 Å². The molecule has 0 saturated carbocycles. The molecule has 1 aromatic carbocycles. The highest BCUT2D eigenvalue weighted by Gasteiger charge is 2.22. The lowest BCUT2D eigenvalue weighted by atomic mass is 10.1. The summed E-state index contributed by atoms with van der Waals surface area (Å²) in [5.41, 5.74) is 3.58. The van der Waals surface area contributed by atoms with Gasteiger partial charge in [0.1, 0.15) is 11.8 Å². The van der Waals surface area contributed by atoms with Crippen molar-refractivity contribution in [3.8, 4) is 6.07 Å². The molecule has 0 bridgehead atoms. The van der Waals surface area contributed by atoms with E-state index < -0.39 is 0 Å². The number of nitriles is 1. The number of benzene rings is 1. The van der Waals surface area contributed by atoms with Crippen LogP contribution >= 0.6 is 0 Å². The summed E-state index contributed by atoms with van der Waals surface area (Å²) in [4.78, 5) is 25.1. The number of hydrogen-bond acceptors (Lipinski definition) is 5. The van der Waals surface area contributed by atoms with Gasteiger partial charge < -0.3 is 9.80 Å². The summed E-state index contributed by atoms with van der Waals surface area (Å²) in [6, 6.07) is 12.1. The topological polar surface area (TPSA) is 73.1 Å². The lowest BCUT2D eigenvalue weighted by Crippen LogP contribution is -2.49. The second kappa shape index (κ2) is 7.96. The largest absolute Gasteiger partial charge is 0.339 e. The van der Waals surface area contributed by atoms with Gasteiger partial charge in [0.25, 0.3) is 0 Å². The lowest BCUT2D eigenvalue weighted by Gasteiger charge is -2.35. The van der Waals surface area contributed by atoms with Gasteiger partial charge in [0.05, 0.1) is 0 Å². The first-order chi connectivity index (χ1) is 12.5. The molecule has 1 fully saturated rings. The first kappa shape index (κ1) is 17.9. The normalized spacial score (nSPS) is 14.2. The molecule has 0 N–H and O–H groups in total. The molecule has 0 spiro atoms. The Morgan fingerprint density at radius 2 is 1.81 bits per heavy atom. The molecule has 1 saturated heterocycles. The molecule has 0 atom stereocenters. The quantitative estimate of drug-likeness (QED) is 0.846. The molecule has 1 aliphatic rings. The van der Waals surface area contributed by atoms with Crippen LogP contribution in [-0.4, -0.2) is 47.0 Å². The number of amides is 1. The fourth-order valence-electron chi connectivity index (χ4n) is 3.07. The molecule has 0 radical (unpaired) electrons. The lowest BCUT2D eigenvalue weighted by molar-refractivity contribution is -0.131. The Balaban J connectivity index is 1.53. The van der Waals surface area contributed by atoms with Crippen LogP contribution in [0.2, 0.25) is 0 Å². The van der Waals surface area contributed by atoms with Gasteiger partial charge in [-0.2, -0.15) is 5.26 Å². The SMILES string of the molecule is Cc1ccc(CCC(=O)N2CCN(c3nc(C)cc(C#N)n3)CC2)cc1. The molecule has 3 rings (SSSR count). The molecule has 6 heteroatoms. The number of nitrogens with zero attached hydrogens (tertiary/aromatic N) is 5. The standard InChI is InChI=1S/C20H23N5O/c1-15-3-5-17(6-4-15)7-8-19(26)24-9-11-25(12-10-24)20-22-16(2)13-18(14-21)23-20/h3-6,13H,7-12H2,1-2H3. The number of aryl methyl sites for hydroxylation is 3. The van der Waals surface area contributed by atoms with Crippen LogP contribution in [0, 0.1) is 25.2 Å². The number of carbonyl (C=O) groups excluding carboxylic acids is 1. The van der Waals surface area contributed by atoms with E-state index >= 15 is 0 Å². The van der Waals surface area contributed by atoms with Crippen LogP contribution in [0.5, 0.6) is 0 Å². The summed E-state index contributed by atoms with van der Waals surface area (Å²) in [7, 11) is 0. The maximum absolute atomic E-state index is 12.5. The molecule has 134 valence electrons.